The van der Waals surface area contributed by atoms with Crippen LogP contribution in [0.1, 0.15) is 18.5 Å². The van der Waals surface area contributed by atoms with Gasteiger partial charge in [-0.1, -0.05) is 0 Å². The number of piperidine rings is 1. The Morgan fingerprint density at radius 2 is 1.92 bits per heavy atom. The number of hydrogen-bond donors (Lipinski definition) is 3. The number of nitrogens with zero attached hydrogens (tertiary/aromatic N) is 2. The lowest BCUT2D eigenvalue weighted by molar-refractivity contribution is -0.159. The number of carbonyl (C=O) groups is 3. The minimum atomic E-state index is -1.82. The van der Waals surface area contributed by atoms with Crippen LogP contribution in [0.5, 0.6) is 0 Å². The van der Waals surface area contributed by atoms with E-state index < -0.39 is 11.9 Å². The maximum Gasteiger partial charge on any atom is 0.414 e. The number of methoxy groups -OCH3 is 1. The van der Waals surface area contributed by atoms with Crippen LogP contribution >= 0.6 is 11.3 Å². The minimum Gasteiger partial charge on any atom is -0.473 e. The van der Waals surface area contributed by atoms with Crippen LogP contribution in [0.25, 0.3) is 0 Å². The lowest BCUT2D eigenvalue weighted by Gasteiger charge is -2.30. The summed E-state index contributed by atoms with van der Waals surface area (Å²) in [5, 5.41) is 20.3. The third kappa shape index (κ3) is 8.57. The number of carboxylic acids is 2. The molecule has 0 unspecified atom stereocenters. The van der Waals surface area contributed by atoms with Crippen molar-refractivity contribution in [3.05, 3.63) is 11.1 Å². The second kappa shape index (κ2) is 10.7. The number of aliphatic carboxylic acids is 2. The average Bonchev–Trinajstić information content (AvgIpc) is 2.95. The number of aryl methyl sites for hydroxylation is 1. The van der Waals surface area contributed by atoms with Crippen molar-refractivity contribution in [2.75, 3.05) is 38.7 Å². The molecule has 0 bridgehead atoms. The van der Waals surface area contributed by atoms with Gasteiger partial charge in [0.15, 0.2) is 5.13 Å². The number of carbonyl (C=O) groups excluding carboxylic acids is 1. The summed E-state index contributed by atoms with van der Waals surface area (Å²) in [4.78, 5) is 36.5. The first-order valence-electron chi connectivity index (χ1n) is 7.71. The normalized spacial score (nSPS) is 15.1. The summed E-state index contributed by atoms with van der Waals surface area (Å²) in [6.45, 7) is 5.15. The average molecular weight is 373 g/mol. The van der Waals surface area contributed by atoms with Crippen LogP contribution in [0.2, 0.25) is 0 Å². The zero-order valence-corrected chi connectivity index (χ0v) is 15.0. The lowest BCUT2D eigenvalue weighted by atomic mass is 9.98. The number of carboxylic acid groups (broad SMARTS) is 2. The zero-order chi connectivity index (χ0) is 18.8. The Kier molecular flexibility index (Phi) is 9.03. The van der Waals surface area contributed by atoms with E-state index in [-0.39, 0.29) is 5.91 Å². The summed E-state index contributed by atoms with van der Waals surface area (Å²) in [6, 6.07) is 0. The molecule has 2 heterocycles. The molecule has 3 N–H and O–H groups in total. The number of hydrogen-bond acceptors (Lipinski definition) is 7. The van der Waals surface area contributed by atoms with Gasteiger partial charge in [-0.2, -0.15) is 0 Å². The van der Waals surface area contributed by atoms with Crippen molar-refractivity contribution in [2.24, 2.45) is 5.92 Å². The van der Waals surface area contributed by atoms with Gasteiger partial charge in [0, 0.05) is 19.1 Å². The molecule has 0 aromatic carbocycles. The van der Waals surface area contributed by atoms with Gasteiger partial charge in [-0.15, -0.1) is 11.3 Å². The van der Waals surface area contributed by atoms with E-state index in [4.69, 9.17) is 24.5 Å². The second-order valence-corrected chi connectivity index (χ2v) is 6.49. The highest BCUT2D eigenvalue weighted by molar-refractivity contribution is 7.13. The summed E-state index contributed by atoms with van der Waals surface area (Å²) in [7, 11) is 1.75. The van der Waals surface area contributed by atoms with Gasteiger partial charge in [0.25, 0.3) is 0 Å². The Hall–Kier alpha value is -2.04. The first kappa shape index (κ1) is 21.0. The molecule has 0 spiro atoms. The Balaban J connectivity index is 0.000000450. The fourth-order valence-corrected chi connectivity index (χ4v) is 3.02. The number of rotatable bonds is 5. The smallest absolute Gasteiger partial charge is 0.414 e. The Morgan fingerprint density at radius 1 is 1.32 bits per heavy atom. The minimum absolute atomic E-state index is 0.0274. The third-order valence-corrected chi connectivity index (χ3v) is 4.40. The van der Waals surface area contributed by atoms with Crippen LogP contribution in [0.3, 0.4) is 0 Å². The molecule has 1 aromatic heterocycles. The van der Waals surface area contributed by atoms with E-state index in [0.717, 1.165) is 38.2 Å². The lowest BCUT2D eigenvalue weighted by Crippen LogP contribution is -2.40. The fraction of sp³-hybridized carbons (Fsp3) is 0.600. The molecule has 25 heavy (non-hydrogen) atoms. The summed E-state index contributed by atoms with van der Waals surface area (Å²) in [5.74, 6) is -2.98. The standard InChI is InChI=1S/C13H21N3O2S.C2H2O4/c1-10-9-19-13(14-10)15-12(17)7-16-5-3-11(4-6-16)8-18-2;3-1(4)2(5)6/h9,11H,3-8H2,1-2H3,(H,14,15,17);(H,3,4)(H,5,6). The SMILES string of the molecule is COCC1CCN(CC(=O)Nc2nc(C)cs2)CC1.O=C(O)C(=O)O. The van der Waals surface area contributed by atoms with Crippen LogP contribution < -0.4 is 5.32 Å². The van der Waals surface area contributed by atoms with Crippen molar-refractivity contribution in [2.45, 2.75) is 19.8 Å². The number of aromatic nitrogens is 1. The Morgan fingerprint density at radius 3 is 2.36 bits per heavy atom. The molecule has 0 aliphatic carbocycles. The zero-order valence-electron chi connectivity index (χ0n) is 14.2. The van der Waals surface area contributed by atoms with E-state index in [1.165, 1.54) is 11.3 Å². The van der Waals surface area contributed by atoms with Crippen molar-refractivity contribution in [3.8, 4) is 0 Å². The van der Waals surface area contributed by atoms with Gasteiger partial charge in [0.1, 0.15) is 0 Å². The van der Waals surface area contributed by atoms with Gasteiger partial charge in [-0.3, -0.25) is 9.69 Å². The van der Waals surface area contributed by atoms with Gasteiger partial charge in [-0.25, -0.2) is 14.6 Å². The molecule has 2 rings (SSSR count). The fourth-order valence-electron chi connectivity index (χ4n) is 2.32. The largest absolute Gasteiger partial charge is 0.473 e. The van der Waals surface area contributed by atoms with Crippen LogP contribution in [0.4, 0.5) is 5.13 Å². The molecule has 140 valence electrons. The second-order valence-electron chi connectivity index (χ2n) is 5.63. The molecule has 1 fully saturated rings. The van der Waals surface area contributed by atoms with Crippen molar-refractivity contribution in [1.29, 1.82) is 0 Å². The number of ether oxygens (including phenoxy) is 1. The maximum absolute atomic E-state index is 11.9. The highest BCUT2D eigenvalue weighted by Gasteiger charge is 2.20. The number of nitrogens with one attached hydrogen (secondary N) is 1. The molecule has 1 aromatic rings. The van der Waals surface area contributed by atoms with Gasteiger partial charge in [0.05, 0.1) is 12.2 Å². The monoisotopic (exact) mass is 373 g/mol. The number of anilines is 1. The van der Waals surface area contributed by atoms with E-state index in [2.05, 4.69) is 15.2 Å². The van der Waals surface area contributed by atoms with Gasteiger partial charge in [-0.05, 0) is 38.8 Å². The van der Waals surface area contributed by atoms with Gasteiger partial charge in [0.2, 0.25) is 5.91 Å². The third-order valence-electron chi connectivity index (χ3n) is 3.53. The van der Waals surface area contributed by atoms with E-state index in [0.29, 0.717) is 17.6 Å². The van der Waals surface area contributed by atoms with Gasteiger partial charge < -0.3 is 20.3 Å². The van der Waals surface area contributed by atoms with Crippen molar-refractivity contribution >= 4 is 34.3 Å². The van der Waals surface area contributed by atoms with Crippen molar-refractivity contribution < 1.29 is 29.3 Å². The Bertz CT molecular complexity index is 572. The maximum atomic E-state index is 11.9. The first-order chi connectivity index (χ1) is 11.8. The van der Waals surface area contributed by atoms with Crippen molar-refractivity contribution in [1.82, 2.24) is 9.88 Å². The molecule has 1 aliphatic rings. The number of amides is 1. The highest BCUT2D eigenvalue weighted by atomic mass is 32.1. The predicted octanol–water partition coefficient (Wildman–Crippen LogP) is 0.904. The van der Waals surface area contributed by atoms with E-state index in [1.807, 2.05) is 12.3 Å². The first-order valence-corrected chi connectivity index (χ1v) is 8.59. The predicted molar refractivity (Wildman–Crippen MR) is 91.8 cm³/mol. The van der Waals surface area contributed by atoms with Crippen LogP contribution in [0.15, 0.2) is 5.38 Å². The van der Waals surface area contributed by atoms with E-state index >= 15 is 0 Å². The number of thiazole rings is 1. The summed E-state index contributed by atoms with van der Waals surface area (Å²) in [6.07, 6.45) is 2.22. The van der Waals surface area contributed by atoms with Crippen LogP contribution in [-0.4, -0.2) is 71.3 Å². The van der Waals surface area contributed by atoms with E-state index in [1.54, 1.807) is 7.11 Å². The summed E-state index contributed by atoms with van der Waals surface area (Å²) in [5.41, 5.74) is 0.945. The molecule has 10 heteroatoms. The molecular formula is C15H23N3O6S. The van der Waals surface area contributed by atoms with Crippen LogP contribution in [0, 0.1) is 12.8 Å². The molecule has 1 saturated heterocycles. The molecular weight excluding hydrogens is 350 g/mol. The van der Waals surface area contributed by atoms with Crippen molar-refractivity contribution in [3.63, 3.8) is 0 Å². The summed E-state index contributed by atoms with van der Waals surface area (Å²) >= 11 is 1.47. The molecule has 1 amide bonds. The summed E-state index contributed by atoms with van der Waals surface area (Å²) < 4.78 is 5.17. The van der Waals surface area contributed by atoms with Gasteiger partial charge >= 0.3 is 11.9 Å². The Labute approximate surface area is 149 Å². The number of likely N-dealkylation sites (tertiary alicyclic amines) is 1. The molecule has 0 radical (unpaired) electrons. The highest BCUT2D eigenvalue weighted by Crippen LogP contribution is 2.18. The molecule has 0 atom stereocenters. The quantitative estimate of drug-likeness (QED) is 0.649. The molecule has 9 nitrogen and oxygen atoms in total. The molecule has 0 saturated carbocycles. The van der Waals surface area contributed by atoms with E-state index in [9.17, 15) is 4.79 Å². The van der Waals surface area contributed by atoms with Crippen LogP contribution in [-0.2, 0) is 19.1 Å². The topological polar surface area (TPSA) is 129 Å². The molecule has 1 aliphatic heterocycles.